The Kier molecular flexibility index (Phi) is 3.53. The van der Waals surface area contributed by atoms with Crippen LogP contribution in [0.4, 0.5) is 0 Å². The summed E-state index contributed by atoms with van der Waals surface area (Å²) in [5, 5.41) is 3.35. The summed E-state index contributed by atoms with van der Waals surface area (Å²) >= 11 is 0. The Labute approximate surface area is 75.7 Å². The molecule has 1 saturated carbocycles. The molecule has 0 saturated heterocycles. The molecule has 2 heteroatoms. The van der Waals surface area contributed by atoms with Gasteiger partial charge >= 0.3 is 0 Å². The molecule has 12 heavy (non-hydrogen) atoms. The van der Waals surface area contributed by atoms with Crippen LogP contribution in [0.25, 0.3) is 0 Å². The van der Waals surface area contributed by atoms with E-state index in [2.05, 4.69) is 19.2 Å². The molecule has 0 heterocycles. The second kappa shape index (κ2) is 4.24. The van der Waals surface area contributed by atoms with Gasteiger partial charge in [-0.3, -0.25) is 0 Å². The summed E-state index contributed by atoms with van der Waals surface area (Å²) in [7, 11) is 3.86. The Morgan fingerprint density at radius 3 is 2.17 bits per heavy atom. The molecule has 1 aliphatic carbocycles. The van der Waals surface area contributed by atoms with Gasteiger partial charge in [-0.15, -0.1) is 0 Å². The number of hydrogen-bond acceptors (Lipinski definition) is 2. The van der Waals surface area contributed by atoms with Gasteiger partial charge < -0.3 is 10.1 Å². The molecule has 0 radical (unpaired) electrons. The number of nitrogens with one attached hydrogen (secondary N) is 1. The number of likely N-dealkylation sites (N-methyl/N-ethyl adjacent to an activating group) is 1. The topological polar surface area (TPSA) is 21.3 Å². The fraction of sp³-hybridized carbons (Fsp3) is 1.00. The molecular weight excluding hydrogens is 150 g/mol. The second-order valence-electron chi connectivity index (χ2n) is 4.10. The minimum Gasteiger partial charge on any atom is -0.380 e. The van der Waals surface area contributed by atoms with E-state index in [9.17, 15) is 0 Å². The minimum atomic E-state index is 0.426. The van der Waals surface area contributed by atoms with E-state index < -0.39 is 0 Å². The molecule has 0 bridgehead atoms. The maximum absolute atomic E-state index is 5.53. The minimum absolute atomic E-state index is 0.426. The highest BCUT2D eigenvalue weighted by Crippen LogP contribution is 2.36. The average molecular weight is 171 g/mol. The molecule has 1 fully saturated rings. The van der Waals surface area contributed by atoms with Crippen LogP contribution in [0.2, 0.25) is 0 Å². The molecule has 2 nitrogen and oxygen atoms in total. The molecule has 0 aliphatic heterocycles. The van der Waals surface area contributed by atoms with E-state index in [1.807, 2.05) is 14.2 Å². The van der Waals surface area contributed by atoms with Gasteiger partial charge in [0, 0.05) is 13.2 Å². The zero-order valence-electron chi connectivity index (χ0n) is 8.63. The van der Waals surface area contributed by atoms with Crippen LogP contribution in [0.3, 0.4) is 0 Å². The lowest BCUT2D eigenvalue weighted by atomic mass is 9.95. The van der Waals surface area contributed by atoms with E-state index in [0.717, 1.165) is 5.92 Å². The van der Waals surface area contributed by atoms with E-state index >= 15 is 0 Å². The normalized spacial score (nSPS) is 22.8. The fourth-order valence-corrected chi connectivity index (χ4v) is 1.93. The van der Waals surface area contributed by atoms with Crippen LogP contribution in [0.5, 0.6) is 0 Å². The van der Waals surface area contributed by atoms with Gasteiger partial charge in [0.1, 0.15) is 0 Å². The van der Waals surface area contributed by atoms with Crippen LogP contribution in [0, 0.1) is 11.8 Å². The van der Waals surface area contributed by atoms with Crippen LogP contribution in [0.1, 0.15) is 26.7 Å². The third-order valence-electron chi connectivity index (χ3n) is 2.76. The first-order chi connectivity index (χ1) is 5.70. The van der Waals surface area contributed by atoms with E-state index in [4.69, 9.17) is 4.74 Å². The molecule has 2 atom stereocenters. The molecule has 0 aromatic carbocycles. The van der Waals surface area contributed by atoms with Crippen molar-refractivity contribution in [2.24, 2.45) is 11.8 Å². The van der Waals surface area contributed by atoms with Crippen LogP contribution >= 0.6 is 0 Å². The third-order valence-corrected chi connectivity index (χ3v) is 2.76. The van der Waals surface area contributed by atoms with E-state index in [0.29, 0.717) is 18.1 Å². The van der Waals surface area contributed by atoms with Gasteiger partial charge in [-0.2, -0.15) is 0 Å². The molecule has 0 amide bonds. The molecule has 2 unspecified atom stereocenters. The van der Waals surface area contributed by atoms with Crippen molar-refractivity contribution in [1.29, 1.82) is 0 Å². The molecular formula is C10H21NO. The Morgan fingerprint density at radius 2 is 1.92 bits per heavy atom. The van der Waals surface area contributed by atoms with Gasteiger partial charge in [-0.05, 0) is 31.7 Å². The first kappa shape index (κ1) is 10.0. The van der Waals surface area contributed by atoms with Crippen LogP contribution in [-0.4, -0.2) is 26.3 Å². The van der Waals surface area contributed by atoms with Crippen molar-refractivity contribution in [3.8, 4) is 0 Å². The molecule has 0 spiro atoms. The SMILES string of the molecule is CNC(C(C)C)C(OC)C1CC1. The zero-order chi connectivity index (χ0) is 9.14. The van der Waals surface area contributed by atoms with Gasteiger partial charge in [-0.1, -0.05) is 13.8 Å². The molecule has 1 N–H and O–H groups in total. The lowest BCUT2D eigenvalue weighted by Crippen LogP contribution is -2.44. The third kappa shape index (κ3) is 2.20. The summed E-state index contributed by atoms with van der Waals surface area (Å²) in [6.45, 7) is 4.49. The van der Waals surface area contributed by atoms with Crippen LogP contribution in [-0.2, 0) is 4.74 Å². The lowest BCUT2D eigenvalue weighted by Gasteiger charge is -2.28. The summed E-state index contributed by atoms with van der Waals surface area (Å²) in [4.78, 5) is 0. The van der Waals surface area contributed by atoms with Crippen molar-refractivity contribution >= 4 is 0 Å². The summed E-state index contributed by atoms with van der Waals surface area (Å²) in [5.41, 5.74) is 0. The fourth-order valence-electron chi connectivity index (χ4n) is 1.93. The van der Waals surface area contributed by atoms with Gasteiger partial charge in [-0.25, -0.2) is 0 Å². The number of ether oxygens (including phenoxy) is 1. The van der Waals surface area contributed by atoms with Crippen LogP contribution < -0.4 is 5.32 Å². The van der Waals surface area contributed by atoms with Crippen molar-refractivity contribution in [3.05, 3.63) is 0 Å². The zero-order valence-corrected chi connectivity index (χ0v) is 8.63. The Bertz CT molecular complexity index is 124. The first-order valence-corrected chi connectivity index (χ1v) is 4.90. The predicted molar refractivity (Wildman–Crippen MR) is 51.2 cm³/mol. The van der Waals surface area contributed by atoms with E-state index in [-0.39, 0.29) is 0 Å². The predicted octanol–water partition coefficient (Wildman–Crippen LogP) is 1.66. The lowest BCUT2D eigenvalue weighted by molar-refractivity contribution is 0.0391. The molecule has 0 aromatic rings. The Balaban J connectivity index is 2.47. The maximum Gasteiger partial charge on any atom is 0.0754 e. The monoisotopic (exact) mass is 171 g/mol. The van der Waals surface area contributed by atoms with Crippen molar-refractivity contribution in [2.45, 2.75) is 38.8 Å². The quantitative estimate of drug-likeness (QED) is 0.679. The van der Waals surface area contributed by atoms with Gasteiger partial charge in [0.2, 0.25) is 0 Å². The first-order valence-electron chi connectivity index (χ1n) is 4.90. The Hall–Kier alpha value is -0.0800. The van der Waals surface area contributed by atoms with Gasteiger partial charge in [0.15, 0.2) is 0 Å². The molecule has 72 valence electrons. The highest BCUT2D eigenvalue weighted by atomic mass is 16.5. The summed E-state index contributed by atoms with van der Waals surface area (Å²) in [5.74, 6) is 1.47. The summed E-state index contributed by atoms with van der Waals surface area (Å²) in [6.07, 6.45) is 3.13. The van der Waals surface area contributed by atoms with Crippen LogP contribution in [0.15, 0.2) is 0 Å². The van der Waals surface area contributed by atoms with Crippen molar-refractivity contribution < 1.29 is 4.74 Å². The largest absolute Gasteiger partial charge is 0.380 e. The summed E-state index contributed by atoms with van der Waals surface area (Å²) in [6, 6.07) is 0.516. The smallest absolute Gasteiger partial charge is 0.0754 e. The second-order valence-corrected chi connectivity index (χ2v) is 4.10. The number of rotatable bonds is 5. The molecule has 0 aromatic heterocycles. The van der Waals surface area contributed by atoms with Gasteiger partial charge in [0.05, 0.1) is 6.10 Å². The maximum atomic E-state index is 5.53. The van der Waals surface area contributed by atoms with E-state index in [1.165, 1.54) is 12.8 Å². The van der Waals surface area contributed by atoms with Crippen molar-refractivity contribution in [2.75, 3.05) is 14.2 Å². The van der Waals surface area contributed by atoms with Crippen molar-refractivity contribution in [1.82, 2.24) is 5.32 Å². The Morgan fingerprint density at radius 1 is 1.33 bits per heavy atom. The molecule has 1 aliphatic rings. The van der Waals surface area contributed by atoms with Crippen molar-refractivity contribution in [3.63, 3.8) is 0 Å². The highest BCUT2D eigenvalue weighted by Gasteiger charge is 2.37. The summed E-state index contributed by atoms with van der Waals surface area (Å²) < 4.78 is 5.53. The standard InChI is InChI=1S/C10H21NO/c1-7(2)9(11-3)10(12-4)8-5-6-8/h7-11H,5-6H2,1-4H3. The highest BCUT2D eigenvalue weighted by molar-refractivity contribution is 4.90. The number of methoxy groups -OCH3 is 1. The molecule has 1 rings (SSSR count). The van der Waals surface area contributed by atoms with Gasteiger partial charge in [0.25, 0.3) is 0 Å². The number of hydrogen-bond donors (Lipinski definition) is 1. The van der Waals surface area contributed by atoms with E-state index in [1.54, 1.807) is 0 Å². The average Bonchev–Trinajstić information content (AvgIpc) is 2.81.